The Labute approximate surface area is 134 Å². The highest BCUT2D eigenvalue weighted by Gasteiger charge is 2.13. The van der Waals surface area contributed by atoms with E-state index in [1.54, 1.807) is 19.1 Å². The molecule has 1 heterocycles. The third kappa shape index (κ3) is 4.25. The molecule has 0 fully saturated rings. The number of H-pyrrole nitrogens is 1. The Hall–Kier alpha value is -2.50. The molecule has 0 aliphatic rings. The van der Waals surface area contributed by atoms with Gasteiger partial charge in [-0.15, -0.1) is 0 Å². The van der Waals surface area contributed by atoms with Crippen LogP contribution in [-0.2, 0) is 9.53 Å². The summed E-state index contributed by atoms with van der Waals surface area (Å²) in [6.45, 7) is 6.09. The molecule has 2 rings (SSSR count). The number of rotatable bonds is 6. The van der Waals surface area contributed by atoms with Crippen molar-refractivity contribution in [2.24, 2.45) is 5.92 Å². The predicted molar refractivity (Wildman–Crippen MR) is 87.1 cm³/mol. The molecular weight excluding hydrogens is 298 g/mol. The van der Waals surface area contributed by atoms with Crippen LogP contribution in [0.4, 0.5) is 0 Å². The molecular formula is C17H21NO5. The first kappa shape index (κ1) is 16.9. The lowest BCUT2D eigenvalue weighted by molar-refractivity contribution is -0.142. The van der Waals surface area contributed by atoms with Crippen molar-refractivity contribution in [2.75, 3.05) is 20.3 Å². The van der Waals surface area contributed by atoms with Crippen LogP contribution in [0.25, 0.3) is 10.9 Å². The maximum Gasteiger partial charge on any atom is 0.343 e. The van der Waals surface area contributed by atoms with Gasteiger partial charge in [0.05, 0.1) is 19.2 Å². The van der Waals surface area contributed by atoms with Crippen LogP contribution in [0.5, 0.6) is 11.5 Å². The van der Waals surface area contributed by atoms with Crippen LogP contribution < -0.4 is 14.9 Å². The highest BCUT2D eigenvalue weighted by molar-refractivity contribution is 5.83. The molecule has 0 radical (unpaired) electrons. The fraction of sp³-hybridized carbons (Fsp3) is 0.412. The Morgan fingerprint density at radius 1 is 1.17 bits per heavy atom. The smallest absolute Gasteiger partial charge is 0.343 e. The van der Waals surface area contributed by atoms with Gasteiger partial charge in [0.15, 0.2) is 23.5 Å². The van der Waals surface area contributed by atoms with Gasteiger partial charge in [-0.3, -0.25) is 4.79 Å². The SMILES string of the molecule is COC(=O)COc1cc2[nH]c(C)cc(=O)c2cc1OCC(C)C. The van der Waals surface area contributed by atoms with Crippen molar-refractivity contribution < 1.29 is 19.0 Å². The number of aryl methyl sites for hydroxylation is 1. The molecule has 0 aliphatic carbocycles. The van der Waals surface area contributed by atoms with E-state index < -0.39 is 5.97 Å². The Balaban J connectivity index is 2.44. The van der Waals surface area contributed by atoms with Crippen LogP contribution in [0.1, 0.15) is 19.5 Å². The van der Waals surface area contributed by atoms with E-state index in [2.05, 4.69) is 9.72 Å². The van der Waals surface area contributed by atoms with Crippen LogP contribution in [0.3, 0.4) is 0 Å². The topological polar surface area (TPSA) is 77.6 Å². The summed E-state index contributed by atoms with van der Waals surface area (Å²) < 4.78 is 15.8. The molecule has 0 unspecified atom stereocenters. The second-order valence-corrected chi connectivity index (χ2v) is 5.73. The van der Waals surface area contributed by atoms with E-state index in [0.717, 1.165) is 5.69 Å². The zero-order chi connectivity index (χ0) is 17.0. The van der Waals surface area contributed by atoms with E-state index in [4.69, 9.17) is 9.47 Å². The fourth-order valence-corrected chi connectivity index (χ4v) is 2.07. The monoisotopic (exact) mass is 319 g/mol. The van der Waals surface area contributed by atoms with Crippen LogP contribution in [0.15, 0.2) is 23.0 Å². The van der Waals surface area contributed by atoms with Crippen LogP contribution in [-0.4, -0.2) is 31.3 Å². The number of aromatic nitrogens is 1. The summed E-state index contributed by atoms with van der Waals surface area (Å²) in [5.74, 6) is 0.655. The van der Waals surface area contributed by atoms with Gasteiger partial charge in [0.2, 0.25) is 0 Å². The van der Waals surface area contributed by atoms with Crippen LogP contribution in [0.2, 0.25) is 0 Å². The van der Waals surface area contributed by atoms with Crippen molar-refractivity contribution in [3.05, 3.63) is 34.1 Å². The summed E-state index contributed by atoms with van der Waals surface area (Å²) in [6.07, 6.45) is 0. The maximum absolute atomic E-state index is 12.1. The molecule has 0 atom stereocenters. The van der Waals surface area contributed by atoms with Crippen molar-refractivity contribution >= 4 is 16.9 Å². The molecule has 0 saturated carbocycles. The predicted octanol–water partition coefficient (Wildman–Crippen LogP) is 2.42. The third-order valence-electron chi connectivity index (χ3n) is 3.17. The number of ether oxygens (including phenoxy) is 3. The number of nitrogens with one attached hydrogen (secondary N) is 1. The van der Waals surface area contributed by atoms with Gasteiger partial charge >= 0.3 is 5.97 Å². The van der Waals surface area contributed by atoms with Gasteiger partial charge in [0, 0.05) is 23.2 Å². The van der Waals surface area contributed by atoms with Crippen molar-refractivity contribution in [3.63, 3.8) is 0 Å². The Morgan fingerprint density at radius 2 is 1.87 bits per heavy atom. The second-order valence-electron chi connectivity index (χ2n) is 5.73. The molecule has 2 aromatic rings. The summed E-state index contributed by atoms with van der Waals surface area (Å²) in [5.41, 5.74) is 1.29. The number of methoxy groups -OCH3 is 1. The van der Waals surface area contributed by atoms with Crippen molar-refractivity contribution in [1.82, 2.24) is 4.98 Å². The number of hydrogen-bond donors (Lipinski definition) is 1. The summed E-state index contributed by atoms with van der Waals surface area (Å²) in [7, 11) is 1.29. The van der Waals surface area contributed by atoms with Gasteiger partial charge in [0.25, 0.3) is 0 Å². The molecule has 1 aromatic carbocycles. The van der Waals surface area contributed by atoms with Gasteiger partial charge < -0.3 is 19.2 Å². The summed E-state index contributed by atoms with van der Waals surface area (Å²) in [6, 6.07) is 4.84. The Bertz CT molecular complexity index is 763. The standard InChI is InChI=1S/C17H21NO5/c1-10(2)8-22-15-6-12-13(18-11(3)5-14(12)19)7-16(15)23-9-17(20)21-4/h5-7,10H,8-9H2,1-4H3,(H,18,19). The quantitative estimate of drug-likeness (QED) is 0.827. The van der Waals surface area contributed by atoms with E-state index in [9.17, 15) is 9.59 Å². The number of fused-ring (bicyclic) bond motifs is 1. The Morgan fingerprint density at radius 3 is 2.52 bits per heavy atom. The lowest BCUT2D eigenvalue weighted by Gasteiger charge is -2.15. The molecule has 6 heteroatoms. The van der Waals surface area contributed by atoms with E-state index in [-0.39, 0.29) is 12.0 Å². The number of esters is 1. The molecule has 0 bridgehead atoms. The Kier molecular flexibility index (Phi) is 5.26. The van der Waals surface area contributed by atoms with Crippen molar-refractivity contribution in [3.8, 4) is 11.5 Å². The van der Waals surface area contributed by atoms with E-state index >= 15 is 0 Å². The van der Waals surface area contributed by atoms with E-state index in [0.29, 0.717) is 34.9 Å². The van der Waals surface area contributed by atoms with Crippen LogP contribution in [0, 0.1) is 12.8 Å². The van der Waals surface area contributed by atoms with Gasteiger partial charge in [-0.05, 0) is 18.9 Å². The lowest BCUT2D eigenvalue weighted by atomic mass is 10.1. The summed E-state index contributed by atoms with van der Waals surface area (Å²) >= 11 is 0. The molecule has 0 spiro atoms. The molecule has 124 valence electrons. The van der Waals surface area contributed by atoms with Gasteiger partial charge in [0.1, 0.15) is 0 Å². The van der Waals surface area contributed by atoms with E-state index in [1.807, 2.05) is 13.8 Å². The first-order valence-corrected chi connectivity index (χ1v) is 7.40. The van der Waals surface area contributed by atoms with Crippen molar-refractivity contribution in [1.29, 1.82) is 0 Å². The molecule has 23 heavy (non-hydrogen) atoms. The van der Waals surface area contributed by atoms with Gasteiger partial charge in [-0.2, -0.15) is 0 Å². The maximum atomic E-state index is 12.1. The molecule has 0 aliphatic heterocycles. The highest BCUT2D eigenvalue weighted by Crippen LogP contribution is 2.31. The number of aromatic amines is 1. The number of hydrogen-bond acceptors (Lipinski definition) is 5. The number of benzene rings is 1. The van der Waals surface area contributed by atoms with Crippen LogP contribution >= 0.6 is 0 Å². The third-order valence-corrected chi connectivity index (χ3v) is 3.17. The highest BCUT2D eigenvalue weighted by atomic mass is 16.6. The summed E-state index contributed by atoms with van der Waals surface area (Å²) in [5, 5.41) is 0.514. The first-order chi connectivity index (χ1) is 10.9. The largest absolute Gasteiger partial charge is 0.489 e. The minimum atomic E-state index is -0.488. The lowest BCUT2D eigenvalue weighted by Crippen LogP contribution is -2.14. The average molecular weight is 319 g/mol. The normalized spacial score (nSPS) is 10.8. The zero-order valence-corrected chi connectivity index (χ0v) is 13.8. The summed E-state index contributed by atoms with van der Waals surface area (Å²) in [4.78, 5) is 26.5. The van der Waals surface area contributed by atoms with Gasteiger partial charge in [-0.1, -0.05) is 13.8 Å². The molecule has 6 nitrogen and oxygen atoms in total. The minimum absolute atomic E-state index is 0.0924. The first-order valence-electron chi connectivity index (χ1n) is 7.40. The van der Waals surface area contributed by atoms with Gasteiger partial charge in [-0.25, -0.2) is 4.79 Å². The number of pyridine rings is 1. The average Bonchev–Trinajstić information content (AvgIpc) is 2.50. The molecule has 0 saturated heterocycles. The fourth-order valence-electron chi connectivity index (χ4n) is 2.07. The molecule has 0 amide bonds. The molecule has 1 aromatic heterocycles. The number of carbonyl (C=O) groups excluding carboxylic acids is 1. The van der Waals surface area contributed by atoms with E-state index in [1.165, 1.54) is 13.2 Å². The minimum Gasteiger partial charge on any atom is -0.489 e. The molecule has 1 N–H and O–H groups in total. The second kappa shape index (κ2) is 7.17. The number of carbonyl (C=O) groups is 1. The zero-order valence-electron chi connectivity index (χ0n) is 13.8. The van der Waals surface area contributed by atoms with Crippen molar-refractivity contribution in [2.45, 2.75) is 20.8 Å².